The van der Waals surface area contributed by atoms with Gasteiger partial charge in [-0.25, -0.2) is 0 Å². The van der Waals surface area contributed by atoms with E-state index in [1.807, 2.05) is 36.4 Å². The lowest BCUT2D eigenvalue weighted by molar-refractivity contribution is 0.0956. The first-order chi connectivity index (χ1) is 10.3. The molecule has 0 radical (unpaired) electrons. The Kier molecular flexibility index (Phi) is 6.21. The number of carbonyl (C=O) groups is 1. The van der Waals surface area contributed by atoms with Crippen molar-refractivity contribution in [2.75, 3.05) is 0 Å². The van der Waals surface area contributed by atoms with Crippen LogP contribution in [-0.4, -0.2) is 5.78 Å². The van der Waals surface area contributed by atoms with Crippen LogP contribution in [0.1, 0.15) is 48.5 Å². The van der Waals surface area contributed by atoms with Crippen molar-refractivity contribution in [2.24, 2.45) is 5.92 Å². The molecule has 0 saturated carbocycles. The summed E-state index contributed by atoms with van der Waals surface area (Å²) in [6.07, 6.45) is 5.10. The molecule has 0 aliphatic heterocycles. The van der Waals surface area contributed by atoms with Gasteiger partial charge in [-0.05, 0) is 24.3 Å². The lowest BCUT2D eigenvalue weighted by atomic mass is 9.89. The van der Waals surface area contributed by atoms with Crippen molar-refractivity contribution in [2.45, 2.75) is 39.0 Å². The highest BCUT2D eigenvalue weighted by Gasteiger charge is 2.14. The largest absolute Gasteiger partial charge is 0.294 e. The van der Waals surface area contributed by atoms with Gasteiger partial charge in [0.05, 0.1) is 0 Å². The minimum atomic E-state index is 0.280. The van der Waals surface area contributed by atoms with Crippen molar-refractivity contribution >= 4 is 5.78 Å². The molecule has 0 bridgehead atoms. The third-order valence-electron chi connectivity index (χ3n) is 3.95. The van der Waals surface area contributed by atoms with Crippen LogP contribution >= 0.6 is 0 Å². The van der Waals surface area contributed by atoms with E-state index >= 15 is 0 Å². The van der Waals surface area contributed by atoms with Crippen molar-refractivity contribution in [1.82, 2.24) is 0 Å². The number of hydrogen-bond acceptors (Lipinski definition) is 1. The van der Waals surface area contributed by atoms with E-state index in [-0.39, 0.29) is 5.78 Å². The molecule has 2 rings (SSSR count). The number of aryl methyl sites for hydroxylation is 1. The van der Waals surface area contributed by atoms with E-state index in [1.54, 1.807) is 0 Å². The zero-order chi connectivity index (χ0) is 14.9. The van der Waals surface area contributed by atoms with Crippen LogP contribution in [0.2, 0.25) is 0 Å². The molecule has 0 saturated heterocycles. The van der Waals surface area contributed by atoms with Gasteiger partial charge in [0.2, 0.25) is 0 Å². The second-order valence-corrected chi connectivity index (χ2v) is 5.67. The van der Waals surface area contributed by atoms with Crippen LogP contribution in [-0.2, 0) is 6.42 Å². The SMILES string of the molecule is CCCC(CCc1ccccc1)CC(=O)c1ccccc1. The molecular formula is C20H24O. The molecule has 1 nitrogen and oxygen atoms in total. The smallest absolute Gasteiger partial charge is 0.163 e. The highest BCUT2D eigenvalue weighted by molar-refractivity contribution is 5.96. The maximum Gasteiger partial charge on any atom is 0.163 e. The van der Waals surface area contributed by atoms with E-state index in [1.165, 1.54) is 5.56 Å². The van der Waals surface area contributed by atoms with Gasteiger partial charge in [-0.1, -0.05) is 80.4 Å². The minimum absolute atomic E-state index is 0.280. The topological polar surface area (TPSA) is 17.1 Å². The van der Waals surface area contributed by atoms with Crippen molar-refractivity contribution in [3.05, 3.63) is 71.8 Å². The molecule has 0 aromatic heterocycles. The Labute approximate surface area is 128 Å². The Morgan fingerprint density at radius 3 is 2.14 bits per heavy atom. The number of ketones is 1. The molecule has 0 heterocycles. The summed E-state index contributed by atoms with van der Waals surface area (Å²) in [6, 6.07) is 20.2. The van der Waals surface area contributed by atoms with E-state index in [0.717, 1.165) is 31.2 Å². The van der Waals surface area contributed by atoms with Gasteiger partial charge >= 0.3 is 0 Å². The molecule has 1 atom stereocenters. The van der Waals surface area contributed by atoms with Crippen LogP contribution in [0.5, 0.6) is 0 Å². The summed E-state index contributed by atoms with van der Waals surface area (Å²) in [5.41, 5.74) is 2.21. The van der Waals surface area contributed by atoms with E-state index in [4.69, 9.17) is 0 Å². The summed E-state index contributed by atoms with van der Waals surface area (Å²) in [5, 5.41) is 0. The highest BCUT2D eigenvalue weighted by atomic mass is 16.1. The fraction of sp³-hybridized carbons (Fsp3) is 0.350. The fourth-order valence-corrected chi connectivity index (χ4v) is 2.78. The fourth-order valence-electron chi connectivity index (χ4n) is 2.78. The van der Waals surface area contributed by atoms with Crippen molar-refractivity contribution in [3.8, 4) is 0 Å². The molecule has 2 aromatic carbocycles. The predicted molar refractivity (Wildman–Crippen MR) is 88.6 cm³/mol. The van der Waals surface area contributed by atoms with Crippen LogP contribution in [0, 0.1) is 5.92 Å². The molecular weight excluding hydrogens is 256 g/mol. The lowest BCUT2D eigenvalue weighted by Gasteiger charge is -2.15. The first-order valence-corrected chi connectivity index (χ1v) is 7.91. The Bertz CT molecular complexity index is 530. The van der Waals surface area contributed by atoms with Crippen LogP contribution < -0.4 is 0 Å². The molecule has 1 heteroatoms. The summed E-state index contributed by atoms with van der Waals surface area (Å²) in [7, 11) is 0. The summed E-state index contributed by atoms with van der Waals surface area (Å²) in [4.78, 5) is 12.3. The molecule has 0 aliphatic carbocycles. The van der Waals surface area contributed by atoms with Crippen LogP contribution in [0.3, 0.4) is 0 Å². The van der Waals surface area contributed by atoms with Crippen LogP contribution in [0.25, 0.3) is 0 Å². The number of benzene rings is 2. The maximum absolute atomic E-state index is 12.3. The van der Waals surface area contributed by atoms with Gasteiger partial charge < -0.3 is 0 Å². The molecule has 1 unspecified atom stereocenters. The first kappa shape index (κ1) is 15.5. The summed E-state index contributed by atoms with van der Waals surface area (Å²) < 4.78 is 0. The van der Waals surface area contributed by atoms with Gasteiger partial charge in [0.15, 0.2) is 5.78 Å². The molecule has 2 aromatic rings. The number of carbonyl (C=O) groups excluding carboxylic acids is 1. The Morgan fingerprint density at radius 1 is 0.905 bits per heavy atom. The van der Waals surface area contributed by atoms with Crippen LogP contribution in [0.4, 0.5) is 0 Å². The quantitative estimate of drug-likeness (QED) is 0.599. The Balaban J connectivity index is 1.91. The van der Waals surface area contributed by atoms with Gasteiger partial charge in [-0.3, -0.25) is 4.79 Å². The van der Waals surface area contributed by atoms with Crippen molar-refractivity contribution in [3.63, 3.8) is 0 Å². The lowest BCUT2D eigenvalue weighted by Crippen LogP contribution is -2.10. The second kappa shape index (κ2) is 8.41. The van der Waals surface area contributed by atoms with Gasteiger partial charge in [-0.2, -0.15) is 0 Å². The predicted octanol–water partition coefficient (Wildman–Crippen LogP) is 5.31. The summed E-state index contributed by atoms with van der Waals surface area (Å²) in [5.74, 6) is 0.769. The Morgan fingerprint density at radius 2 is 1.52 bits per heavy atom. The van der Waals surface area contributed by atoms with Gasteiger partial charge in [0.25, 0.3) is 0 Å². The highest BCUT2D eigenvalue weighted by Crippen LogP contribution is 2.21. The monoisotopic (exact) mass is 280 g/mol. The second-order valence-electron chi connectivity index (χ2n) is 5.67. The van der Waals surface area contributed by atoms with Crippen molar-refractivity contribution in [1.29, 1.82) is 0 Å². The molecule has 0 N–H and O–H groups in total. The summed E-state index contributed by atoms with van der Waals surface area (Å²) >= 11 is 0. The number of rotatable bonds is 8. The molecule has 110 valence electrons. The first-order valence-electron chi connectivity index (χ1n) is 7.91. The van der Waals surface area contributed by atoms with Crippen molar-refractivity contribution < 1.29 is 4.79 Å². The molecule has 0 fully saturated rings. The zero-order valence-electron chi connectivity index (χ0n) is 12.8. The van der Waals surface area contributed by atoms with E-state index < -0.39 is 0 Å². The summed E-state index contributed by atoms with van der Waals surface area (Å²) in [6.45, 7) is 2.20. The van der Waals surface area contributed by atoms with E-state index in [2.05, 4.69) is 31.2 Å². The standard InChI is InChI=1S/C20H24O/c1-2-9-18(15-14-17-10-5-3-6-11-17)16-20(21)19-12-7-4-8-13-19/h3-8,10-13,18H,2,9,14-16H2,1H3. The zero-order valence-corrected chi connectivity index (χ0v) is 12.8. The maximum atomic E-state index is 12.3. The van der Waals surface area contributed by atoms with Gasteiger partial charge in [0.1, 0.15) is 0 Å². The van der Waals surface area contributed by atoms with Crippen LogP contribution in [0.15, 0.2) is 60.7 Å². The number of hydrogen-bond donors (Lipinski definition) is 0. The average Bonchev–Trinajstić information content (AvgIpc) is 2.54. The third-order valence-corrected chi connectivity index (χ3v) is 3.95. The third kappa shape index (κ3) is 5.18. The minimum Gasteiger partial charge on any atom is -0.294 e. The molecule has 0 spiro atoms. The van der Waals surface area contributed by atoms with Gasteiger partial charge in [-0.15, -0.1) is 0 Å². The average molecular weight is 280 g/mol. The Hall–Kier alpha value is -1.89. The molecule has 0 aliphatic rings. The van der Waals surface area contributed by atoms with E-state index in [9.17, 15) is 4.79 Å². The normalized spacial score (nSPS) is 12.0. The molecule has 21 heavy (non-hydrogen) atoms. The molecule has 0 amide bonds. The van der Waals surface area contributed by atoms with Gasteiger partial charge in [0, 0.05) is 12.0 Å². The number of Topliss-reactive ketones (excluding diaryl/α,β-unsaturated/α-hetero) is 1. The van der Waals surface area contributed by atoms with E-state index in [0.29, 0.717) is 12.3 Å².